The minimum absolute atomic E-state index is 0.190. The van der Waals surface area contributed by atoms with Gasteiger partial charge in [-0.15, -0.1) is 0 Å². The zero-order chi connectivity index (χ0) is 14.7. The molecule has 0 spiro atoms. The number of fused-ring (bicyclic) bond motifs is 1. The van der Waals surface area contributed by atoms with Gasteiger partial charge in [-0.05, 0) is 31.9 Å². The molecule has 0 amide bonds. The van der Waals surface area contributed by atoms with Gasteiger partial charge < -0.3 is 14.9 Å². The van der Waals surface area contributed by atoms with E-state index in [1.54, 1.807) is 0 Å². The Bertz CT molecular complexity index is 575. The first-order chi connectivity index (χ1) is 10.3. The molecule has 1 fully saturated rings. The SMILES string of the molecule is CN(CC1CCCOC1)C(CN)c1coc2ccccc12. The number of hydrogen-bond donors (Lipinski definition) is 1. The predicted molar refractivity (Wildman–Crippen MR) is 84.2 cm³/mol. The van der Waals surface area contributed by atoms with Crippen LogP contribution in [0.25, 0.3) is 11.0 Å². The number of nitrogens with two attached hydrogens (primary N) is 1. The van der Waals surface area contributed by atoms with Gasteiger partial charge in [-0.3, -0.25) is 4.90 Å². The number of furan rings is 1. The Hall–Kier alpha value is -1.36. The minimum Gasteiger partial charge on any atom is -0.464 e. The van der Waals surface area contributed by atoms with Crippen LogP contribution in [0.15, 0.2) is 34.9 Å². The third-order valence-electron chi connectivity index (χ3n) is 4.43. The van der Waals surface area contributed by atoms with Gasteiger partial charge in [0.2, 0.25) is 0 Å². The molecule has 1 aromatic carbocycles. The van der Waals surface area contributed by atoms with Crippen molar-refractivity contribution in [3.63, 3.8) is 0 Å². The Balaban J connectivity index is 1.77. The van der Waals surface area contributed by atoms with Gasteiger partial charge in [0.15, 0.2) is 0 Å². The first-order valence-corrected chi connectivity index (χ1v) is 7.73. The van der Waals surface area contributed by atoms with Crippen molar-refractivity contribution in [3.8, 4) is 0 Å². The average molecular weight is 288 g/mol. The third-order valence-corrected chi connectivity index (χ3v) is 4.43. The van der Waals surface area contributed by atoms with E-state index in [1.807, 2.05) is 24.5 Å². The van der Waals surface area contributed by atoms with Crippen LogP contribution in [0.5, 0.6) is 0 Å². The van der Waals surface area contributed by atoms with Gasteiger partial charge in [0.1, 0.15) is 5.58 Å². The molecule has 2 heterocycles. The molecule has 114 valence electrons. The first-order valence-electron chi connectivity index (χ1n) is 7.73. The van der Waals surface area contributed by atoms with Crippen molar-refractivity contribution in [1.29, 1.82) is 0 Å². The summed E-state index contributed by atoms with van der Waals surface area (Å²) in [7, 11) is 2.15. The second-order valence-corrected chi connectivity index (χ2v) is 5.96. The van der Waals surface area contributed by atoms with Crippen LogP contribution in [-0.4, -0.2) is 38.3 Å². The van der Waals surface area contributed by atoms with Crippen LogP contribution in [-0.2, 0) is 4.74 Å². The van der Waals surface area contributed by atoms with E-state index in [0.29, 0.717) is 12.5 Å². The molecule has 1 saturated heterocycles. The second kappa shape index (κ2) is 6.60. The summed E-state index contributed by atoms with van der Waals surface area (Å²) in [6, 6.07) is 8.34. The molecular formula is C17H24N2O2. The van der Waals surface area contributed by atoms with E-state index in [2.05, 4.69) is 18.0 Å². The maximum Gasteiger partial charge on any atom is 0.134 e. The van der Waals surface area contributed by atoms with Crippen molar-refractivity contribution in [1.82, 2.24) is 4.90 Å². The van der Waals surface area contributed by atoms with Gasteiger partial charge in [-0.25, -0.2) is 0 Å². The fourth-order valence-corrected chi connectivity index (χ4v) is 3.29. The van der Waals surface area contributed by atoms with E-state index in [4.69, 9.17) is 14.9 Å². The highest BCUT2D eigenvalue weighted by atomic mass is 16.5. The van der Waals surface area contributed by atoms with E-state index in [9.17, 15) is 0 Å². The van der Waals surface area contributed by atoms with Gasteiger partial charge in [-0.1, -0.05) is 18.2 Å². The molecule has 3 rings (SSSR count). The smallest absolute Gasteiger partial charge is 0.134 e. The van der Waals surface area contributed by atoms with Crippen LogP contribution in [0.2, 0.25) is 0 Å². The Kier molecular flexibility index (Phi) is 4.58. The topological polar surface area (TPSA) is 51.6 Å². The minimum atomic E-state index is 0.190. The van der Waals surface area contributed by atoms with Crippen molar-refractivity contribution >= 4 is 11.0 Å². The fraction of sp³-hybridized carbons (Fsp3) is 0.529. The summed E-state index contributed by atoms with van der Waals surface area (Å²) >= 11 is 0. The Morgan fingerprint density at radius 1 is 1.38 bits per heavy atom. The van der Waals surface area contributed by atoms with Crippen molar-refractivity contribution in [2.45, 2.75) is 18.9 Å². The highest BCUT2D eigenvalue weighted by molar-refractivity contribution is 5.81. The highest BCUT2D eigenvalue weighted by Crippen LogP contribution is 2.29. The van der Waals surface area contributed by atoms with Crippen LogP contribution >= 0.6 is 0 Å². The van der Waals surface area contributed by atoms with Gasteiger partial charge in [0, 0.05) is 30.6 Å². The molecule has 2 aromatic rings. The molecule has 0 bridgehead atoms. The fourth-order valence-electron chi connectivity index (χ4n) is 3.29. The zero-order valence-corrected chi connectivity index (χ0v) is 12.6. The number of hydrogen-bond acceptors (Lipinski definition) is 4. The summed E-state index contributed by atoms with van der Waals surface area (Å²) in [6.07, 6.45) is 4.27. The molecule has 1 aliphatic heterocycles. The molecule has 4 heteroatoms. The van der Waals surface area contributed by atoms with Crippen LogP contribution in [0.1, 0.15) is 24.4 Å². The van der Waals surface area contributed by atoms with Crippen molar-refractivity contribution in [2.24, 2.45) is 11.7 Å². The first kappa shape index (κ1) is 14.6. The number of rotatable bonds is 5. The molecule has 2 unspecified atom stereocenters. The lowest BCUT2D eigenvalue weighted by Crippen LogP contribution is -2.36. The van der Waals surface area contributed by atoms with Gasteiger partial charge >= 0.3 is 0 Å². The molecule has 4 nitrogen and oxygen atoms in total. The van der Waals surface area contributed by atoms with Crippen molar-refractivity contribution in [2.75, 3.05) is 33.4 Å². The summed E-state index contributed by atoms with van der Waals surface area (Å²) in [4.78, 5) is 2.34. The van der Waals surface area contributed by atoms with Gasteiger partial charge in [-0.2, -0.15) is 0 Å². The summed E-state index contributed by atoms with van der Waals surface area (Å²) in [5, 5.41) is 1.17. The summed E-state index contributed by atoms with van der Waals surface area (Å²) < 4.78 is 11.2. The van der Waals surface area contributed by atoms with Crippen LogP contribution < -0.4 is 5.73 Å². The Morgan fingerprint density at radius 3 is 3.00 bits per heavy atom. The largest absolute Gasteiger partial charge is 0.464 e. The molecule has 0 aliphatic carbocycles. The monoisotopic (exact) mass is 288 g/mol. The highest BCUT2D eigenvalue weighted by Gasteiger charge is 2.23. The molecule has 1 aliphatic rings. The number of likely N-dealkylation sites (N-methyl/N-ethyl adjacent to an activating group) is 1. The van der Waals surface area contributed by atoms with Crippen LogP contribution in [0.3, 0.4) is 0 Å². The van der Waals surface area contributed by atoms with E-state index < -0.39 is 0 Å². The number of ether oxygens (including phenoxy) is 1. The molecule has 2 atom stereocenters. The van der Waals surface area contributed by atoms with E-state index in [0.717, 1.165) is 25.3 Å². The maximum absolute atomic E-state index is 6.05. The predicted octanol–water partition coefficient (Wildman–Crippen LogP) is 2.79. The number of nitrogens with zero attached hydrogens (tertiary/aromatic N) is 1. The summed E-state index contributed by atoms with van der Waals surface area (Å²) in [5.74, 6) is 0.607. The quantitative estimate of drug-likeness (QED) is 0.919. The second-order valence-electron chi connectivity index (χ2n) is 5.96. The van der Waals surface area contributed by atoms with Crippen molar-refractivity contribution in [3.05, 3.63) is 36.1 Å². The Morgan fingerprint density at radius 2 is 2.24 bits per heavy atom. The third kappa shape index (κ3) is 3.12. The Labute approximate surface area is 125 Å². The molecule has 21 heavy (non-hydrogen) atoms. The lowest BCUT2D eigenvalue weighted by Gasteiger charge is -2.32. The summed E-state index contributed by atoms with van der Waals surface area (Å²) in [5.41, 5.74) is 8.16. The van der Waals surface area contributed by atoms with Gasteiger partial charge in [0.05, 0.1) is 18.9 Å². The lowest BCUT2D eigenvalue weighted by molar-refractivity contribution is 0.0366. The van der Waals surface area contributed by atoms with E-state index in [1.165, 1.54) is 23.8 Å². The number of benzene rings is 1. The zero-order valence-electron chi connectivity index (χ0n) is 12.6. The van der Waals surface area contributed by atoms with Gasteiger partial charge in [0.25, 0.3) is 0 Å². The van der Waals surface area contributed by atoms with E-state index in [-0.39, 0.29) is 6.04 Å². The van der Waals surface area contributed by atoms with Crippen LogP contribution in [0, 0.1) is 5.92 Å². The van der Waals surface area contributed by atoms with Crippen LogP contribution in [0.4, 0.5) is 0 Å². The molecule has 2 N–H and O–H groups in total. The standard InChI is InChI=1S/C17H24N2O2/c1-19(10-13-5-4-8-20-11-13)16(9-18)15-12-21-17-7-3-2-6-14(15)17/h2-3,6-7,12-13,16H,4-5,8-11,18H2,1H3. The molecular weight excluding hydrogens is 264 g/mol. The normalized spacial score (nSPS) is 21.0. The lowest BCUT2D eigenvalue weighted by atomic mass is 9.99. The van der Waals surface area contributed by atoms with Crippen molar-refractivity contribution < 1.29 is 9.15 Å². The summed E-state index contributed by atoms with van der Waals surface area (Å²) in [6.45, 7) is 3.38. The molecule has 1 aromatic heterocycles. The molecule has 0 radical (unpaired) electrons. The molecule has 0 saturated carbocycles. The average Bonchev–Trinajstić information content (AvgIpc) is 2.93. The number of para-hydroxylation sites is 1. The van der Waals surface area contributed by atoms with E-state index >= 15 is 0 Å². The maximum atomic E-state index is 6.05.